The molecule has 2 bridgehead atoms. The standard InChI is InChI=1S/C28H31N3O/c1-30(2)28-15-17-31(27(32)23-14-9-16-29-20-23)26(24(18-28)21-10-5-3-6-11-21)25(19-28)22-12-7-4-8-13-22/h3-14,16,20,24-26H,15,17-19H2,1-2H3/t24-,25-,26?,28?/m0/s1. The summed E-state index contributed by atoms with van der Waals surface area (Å²) in [4.78, 5) is 22.7. The number of rotatable bonds is 4. The smallest absolute Gasteiger partial charge is 0.255 e. The molecule has 3 fully saturated rings. The number of nitrogens with zero attached hydrogens (tertiary/aromatic N) is 3. The Morgan fingerprint density at radius 1 is 0.906 bits per heavy atom. The maximum atomic E-state index is 13.8. The highest BCUT2D eigenvalue weighted by atomic mass is 16.2. The van der Waals surface area contributed by atoms with E-state index in [2.05, 4.69) is 89.5 Å². The third-order valence-corrected chi connectivity index (χ3v) is 7.78. The minimum Gasteiger partial charge on any atom is -0.334 e. The number of hydrogen-bond donors (Lipinski definition) is 0. The minimum atomic E-state index is 0.0570. The molecule has 4 heteroatoms. The van der Waals surface area contributed by atoms with Crippen molar-refractivity contribution in [2.45, 2.75) is 42.7 Å². The summed E-state index contributed by atoms with van der Waals surface area (Å²) in [6.07, 6.45) is 6.54. The van der Waals surface area contributed by atoms with Crippen LogP contribution in [0.4, 0.5) is 0 Å². The fourth-order valence-corrected chi connectivity index (χ4v) is 6.05. The van der Waals surface area contributed by atoms with Crippen molar-refractivity contribution in [2.75, 3.05) is 20.6 Å². The van der Waals surface area contributed by atoms with Gasteiger partial charge in [-0.3, -0.25) is 9.78 Å². The van der Waals surface area contributed by atoms with Gasteiger partial charge in [-0.05, 0) is 56.6 Å². The Morgan fingerprint density at radius 2 is 1.50 bits per heavy atom. The normalized spacial score (nSPS) is 27.3. The van der Waals surface area contributed by atoms with E-state index in [9.17, 15) is 4.79 Å². The molecule has 1 aliphatic carbocycles. The number of carbonyl (C=O) groups is 1. The van der Waals surface area contributed by atoms with Gasteiger partial charge in [0.1, 0.15) is 0 Å². The molecule has 1 saturated carbocycles. The zero-order chi connectivity index (χ0) is 22.1. The highest BCUT2D eigenvalue weighted by Crippen LogP contribution is 2.53. The lowest BCUT2D eigenvalue weighted by Gasteiger charge is -2.50. The van der Waals surface area contributed by atoms with Crippen LogP contribution in [0.1, 0.15) is 52.6 Å². The van der Waals surface area contributed by atoms with Crippen molar-refractivity contribution in [2.24, 2.45) is 0 Å². The average Bonchev–Trinajstić information content (AvgIpc) is 3.13. The van der Waals surface area contributed by atoms with Crippen molar-refractivity contribution in [3.63, 3.8) is 0 Å². The van der Waals surface area contributed by atoms with Crippen LogP contribution in [0.3, 0.4) is 0 Å². The predicted molar refractivity (Wildman–Crippen MR) is 128 cm³/mol. The van der Waals surface area contributed by atoms with Crippen LogP contribution in [0.15, 0.2) is 85.2 Å². The van der Waals surface area contributed by atoms with E-state index in [-0.39, 0.29) is 29.3 Å². The molecule has 32 heavy (non-hydrogen) atoms. The fraction of sp³-hybridized carbons (Fsp3) is 0.357. The largest absolute Gasteiger partial charge is 0.334 e. The van der Waals surface area contributed by atoms with Crippen molar-refractivity contribution in [3.8, 4) is 0 Å². The Hall–Kier alpha value is -2.98. The van der Waals surface area contributed by atoms with E-state index in [1.807, 2.05) is 12.1 Å². The van der Waals surface area contributed by atoms with Crippen LogP contribution in [0.25, 0.3) is 0 Å². The second-order valence-electron chi connectivity index (χ2n) is 9.54. The van der Waals surface area contributed by atoms with Gasteiger partial charge in [0.05, 0.1) is 5.56 Å². The zero-order valence-electron chi connectivity index (χ0n) is 18.9. The van der Waals surface area contributed by atoms with Crippen LogP contribution < -0.4 is 0 Å². The lowest BCUT2D eigenvalue weighted by atomic mass is 9.63. The van der Waals surface area contributed by atoms with Crippen LogP contribution >= 0.6 is 0 Å². The van der Waals surface area contributed by atoms with E-state index >= 15 is 0 Å². The molecule has 6 rings (SSSR count). The van der Waals surface area contributed by atoms with E-state index in [0.717, 1.165) is 25.8 Å². The highest BCUT2D eigenvalue weighted by Gasteiger charge is 2.53. The third-order valence-electron chi connectivity index (χ3n) is 7.78. The molecular formula is C28H31N3O. The molecule has 3 aromatic rings. The number of carbonyl (C=O) groups excluding carboxylic acids is 1. The number of aromatic nitrogens is 1. The number of fused-ring (bicyclic) bond motifs is 4. The second-order valence-corrected chi connectivity index (χ2v) is 9.54. The second kappa shape index (κ2) is 8.51. The SMILES string of the molecule is CN(C)C12CCN(C(=O)c3cccnc3)C([C@H](c3ccccc3)C1)[C@H](c1ccccc1)C2. The van der Waals surface area contributed by atoms with Gasteiger partial charge in [0.2, 0.25) is 0 Å². The van der Waals surface area contributed by atoms with E-state index in [1.54, 1.807) is 12.4 Å². The molecule has 2 aliphatic heterocycles. The molecule has 0 N–H and O–H groups in total. The molecule has 164 valence electrons. The van der Waals surface area contributed by atoms with Gasteiger partial charge < -0.3 is 9.80 Å². The quantitative estimate of drug-likeness (QED) is 0.593. The molecule has 0 spiro atoms. The molecular weight excluding hydrogens is 394 g/mol. The zero-order valence-corrected chi connectivity index (χ0v) is 18.9. The number of hydrogen-bond acceptors (Lipinski definition) is 3. The van der Waals surface area contributed by atoms with Gasteiger partial charge in [0.15, 0.2) is 0 Å². The molecule has 3 heterocycles. The van der Waals surface area contributed by atoms with Crippen LogP contribution in [0.2, 0.25) is 0 Å². The summed E-state index contributed by atoms with van der Waals surface area (Å²) in [7, 11) is 4.42. The summed E-state index contributed by atoms with van der Waals surface area (Å²) in [6, 6.07) is 25.5. The summed E-state index contributed by atoms with van der Waals surface area (Å²) in [6.45, 7) is 0.767. The highest BCUT2D eigenvalue weighted by molar-refractivity contribution is 5.94. The predicted octanol–water partition coefficient (Wildman–Crippen LogP) is 4.96. The van der Waals surface area contributed by atoms with Gasteiger partial charge in [0, 0.05) is 42.4 Å². The van der Waals surface area contributed by atoms with Crippen molar-refractivity contribution >= 4 is 5.91 Å². The average molecular weight is 426 g/mol. The Kier molecular flexibility index (Phi) is 5.56. The number of amides is 1. The molecule has 2 saturated heterocycles. The van der Waals surface area contributed by atoms with Crippen LogP contribution in [0.5, 0.6) is 0 Å². The molecule has 4 nitrogen and oxygen atoms in total. The van der Waals surface area contributed by atoms with Crippen LogP contribution in [-0.4, -0.2) is 52.9 Å². The summed E-state index contributed by atoms with van der Waals surface area (Å²) < 4.78 is 0. The fourth-order valence-electron chi connectivity index (χ4n) is 6.05. The Labute approximate surface area is 190 Å². The van der Waals surface area contributed by atoms with Gasteiger partial charge in [-0.1, -0.05) is 60.7 Å². The monoisotopic (exact) mass is 425 g/mol. The molecule has 1 aromatic heterocycles. The van der Waals surface area contributed by atoms with Crippen LogP contribution in [0, 0.1) is 0 Å². The number of pyridine rings is 1. The summed E-state index contributed by atoms with van der Waals surface area (Å²) in [5.41, 5.74) is 3.39. The minimum absolute atomic E-state index is 0.0570. The Bertz CT molecular complexity index is 1000. The molecule has 0 unspecified atom stereocenters. The molecule has 0 radical (unpaired) electrons. The summed E-state index contributed by atoms with van der Waals surface area (Å²) >= 11 is 0. The summed E-state index contributed by atoms with van der Waals surface area (Å²) in [5, 5.41) is 0. The first-order valence-corrected chi connectivity index (χ1v) is 11.6. The van der Waals surface area contributed by atoms with E-state index in [1.165, 1.54) is 11.1 Å². The van der Waals surface area contributed by atoms with Crippen molar-refractivity contribution in [1.29, 1.82) is 0 Å². The molecule has 1 amide bonds. The number of benzene rings is 2. The third kappa shape index (κ3) is 3.63. The first-order chi connectivity index (χ1) is 15.6. The molecule has 2 atom stereocenters. The molecule has 2 aromatic carbocycles. The van der Waals surface area contributed by atoms with Crippen LogP contribution in [-0.2, 0) is 0 Å². The lowest BCUT2D eigenvalue weighted by Crippen LogP contribution is -2.53. The Balaban J connectivity index is 1.67. The first kappa shape index (κ1) is 20.9. The van der Waals surface area contributed by atoms with E-state index in [0.29, 0.717) is 5.56 Å². The lowest BCUT2D eigenvalue weighted by molar-refractivity contribution is 0.0523. The topological polar surface area (TPSA) is 36.4 Å². The van der Waals surface area contributed by atoms with Crippen molar-refractivity contribution in [3.05, 3.63) is 102 Å². The van der Waals surface area contributed by atoms with E-state index < -0.39 is 0 Å². The van der Waals surface area contributed by atoms with Gasteiger partial charge in [0.25, 0.3) is 5.91 Å². The molecule has 3 aliphatic rings. The Morgan fingerprint density at radius 3 is 2.00 bits per heavy atom. The van der Waals surface area contributed by atoms with Gasteiger partial charge in [-0.2, -0.15) is 0 Å². The van der Waals surface area contributed by atoms with E-state index in [4.69, 9.17) is 0 Å². The van der Waals surface area contributed by atoms with Gasteiger partial charge in [-0.15, -0.1) is 0 Å². The van der Waals surface area contributed by atoms with Gasteiger partial charge in [-0.25, -0.2) is 0 Å². The first-order valence-electron chi connectivity index (χ1n) is 11.6. The van der Waals surface area contributed by atoms with Gasteiger partial charge >= 0.3 is 0 Å². The maximum Gasteiger partial charge on any atom is 0.255 e. The maximum absolute atomic E-state index is 13.8. The summed E-state index contributed by atoms with van der Waals surface area (Å²) in [5.74, 6) is 0.655. The van der Waals surface area contributed by atoms with Crippen molar-refractivity contribution < 1.29 is 4.79 Å². The van der Waals surface area contributed by atoms with Crippen molar-refractivity contribution in [1.82, 2.24) is 14.8 Å².